The molecule has 1 N–H and O–H groups in total. The molecular weight excluding hydrogens is 396 g/mol. The number of carbonyl (C=O) groups is 1. The van der Waals surface area contributed by atoms with Crippen molar-refractivity contribution in [3.05, 3.63) is 45.1 Å². The second-order valence-electron chi connectivity index (χ2n) is 7.66. The summed E-state index contributed by atoms with van der Waals surface area (Å²) in [5.41, 5.74) is -0.437. The molecule has 0 spiro atoms. The van der Waals surface area contributed by atoms with E-state index in [4.69, 9.17) is 0 Å². The Morgan fingerprint density at radius 3 is 2.52 bits per heavy atom. The van der Waals surface area contributed by atoms with Crippen LogP contribution in [0.1, 0.15) is 12.8 Å². The van der Waals surface area contributed by atoms with Crippen LogP contribution in [0.5, 0.6) is 0 Å². The predicted octanol–water partition coefficient (Wildman–Crippen LogP) is -0.589. The number of fused-ring (bicyclic) bond motifs is 1. The Morgan fingerprint density at radius 2 is 1.83 bits per heavy atom. The van der Waals surface area contributed by atoms with Crippen molar-refractivity contribution >= 4 is 26.6 Å². The number of para-hydroxylation sites is 1. The minimum atomic E-state index is -2.92. The monoisotopic (exact) mass is 420 g/mol. The van der Waals surface area contributed by atoms with Crippen LogP contribution in [0.3, 0.4) is 0 Å². The molecule has 29 heavy (non-hydrogen) atoms. The van der Waals surface area contributed by atoms with Crippen molar-refractivity contribution < 1.29 is 13.2 Å². The number of benzene rings is 1. The number of H-pyrrole nitrogens is 1. The first kappa shape index (κ1) is 19.8. The lowest BCUT2D eigenvalue weighted by Crippen LogP contribution is -2.52. The number of aromatic nitrogens is 2. The summed E-state index contributed by atoms with van der Waals surface area (Å²) in [4.78, 5) is 43.9. The van der Waals surface area contributed by atoms with Gasteiger partial charge in [-0.05, 0) is 18.6 Å². The Morgan fingerprint density at radius 1 is 1.10 bits per heavy atom. The second-order valence-corrected chi connectivity index (χ2v) is 9.88. The number of hydrogen-bond donors (Lipinski definition) is 1. The van der Waals surface area contributed by atoms with Crippen LogP contribution in [0.25, 0.3) is 10.9 Å². The maximum Gasteiger partial charge on any atom is 0.328 e. The van der Waals surface area contributed by atoms with Crippen LogP contribution in [-0.4, -0.2) is 77.4 Å². The average Bonchev–Trinajstić information content (AvgIpc) is 3.07. The summed E-state index contributed by atoms with van der Waals surface area (Å²) in [7, 11) is -2.92. The Balaban J connectivity index is 1.36. The van der Waals surface area contributed by atoms with Crippen molar-refractivity contribution in [2.24, 2.45) is 0 Å². The molecule has 0 unspecified atom stereocenters. The standard InChI is InChI=1S/C19H24N4O5S/c24-17(22-10-8-21(9-11-22)14-6-12-29(27,28)13-14)5-7-23-18(25)15-3-1-2-4-16(15)20-19(23)26/h1-4,14H,5-13H2,(H,20,26)/t14-/m0/s1. The predicted molar refractivity (Wildman–Crippen MR) is 109 cm³/mol. The average molecular weight is 420 g/mol. The zero-order valence-corrected chi connectivity index (χ0v) is 16.9. The van der Waals surface area contributed by atoms with Gasteiger partial charge in [-0.1, -0.05) is 12.1 Å². The molecule has 3 heterocycles. The molecule has 2 aromatic rings. The van der Waals surface area contributed by atoms with E-state index in [1.165, 1.54) is 0 Å². The third-order valence-corrected chi connectivity index (χ3v) is 7.58. The molecule has 9 nitrogen and oxygen atoms in total. The van der Waals surface area contributed by atoms with E-state index in [0.29, 0.717) is 43.5 Å². The summed E-state index contributed by atoms with van der Waals surface area (Å²) in [5.74, 6) is 0.337. The number of sulfone groups is 1. The number of rotatable bonds is 4. The van der Waals surface area contributed by atoms with Gasteiger partial charge in [0.2, 0.25) is 5.91 Å². The van der Waals surface area contributed by atoms with Crippen LogP contribution in [0.2, 0.25) is 0 Å². The van der Waals surface area contributed by atoms with Gasteiger partial charge in [-0.3, -0.25) is 19.1 Å². The van der Waals surface area contributed by atoms with E-state index in [1.807, 2.05) is 0 Å². The lowest BCUT2D eigenvalue weighted by atomic mass is 10.2. The number of piperazine rings is 1. The molecule has 4 rings (SSSR count). The van der Waals surface area contributed by atoms with Gasteiger partial charge in [0.25, 0.3) is 5.56 Å². The van der Waals surface area contributed by atoms with Crippen molar-refractivity contribution in [1.29, 1.82) is 0 Å². The highest BCUT2D eigenvalue weighted by Gasteiger charge is 2.34. The van der Waals surface area contributed by atoms with E-state index in [-0.39, 0.29) is 36.4 Å². The minimum Gasteiger partial charge on any atom is -0.340 e. The van der Waals surface area contributed by atoms with Gasteiger partial charge in [-0.15, -0.1) is 0 Å². The molecule has 0 radical (unpaired) electrons. The fourth-order valence-electron chi connectivity index (χ4n) is 4.17. The molecule has 2 aliphatic rings. The third kappa shape index (κ3) is 4.13. The molecule has 2 fully saturated rings. The molecular formula is C19H24N4O5S. The molecule has 1 aromatic carbocycles. The number of hydrogen-bond acceptors (Lipinski definition) is 6. The molecule has 2 aliphatic heterocycles. The van der Waals surface area contributed by atoms with Gasteiger partial charge in [0, 0.05) is 45.2 Å². The first-order valence-electron chi connectivity index (χ1n) is 9.78. The SMILES string of the molecule is O=C(CCn1c(=O)[nH]c2ccccc2c1=O)N1CCN([C@H]2CCS(=O)(=O)C2)CC1. The first-order chi connectivity index (χ1) is 13.8. The summed E-state index contributed by atoms with van der Waals surface area (Å²) >= 11 is 0. The smallest absolute Gasteiger partial charge is 0.328 e. The molecule has 0 bridgehead atoms. The van der Waals surface area contributed by atoms with E-state index in [9.17, 15) is 22.8 Å². The molecule has 1 atom stereocenters. The van der Waals surface area contributed by atoms with Crippen LogP contribution in [0.15, 0.2) is 33.9 Å². The summed E-state index contributed by atoms with van der Waals surface area (Å²) in [6.07, 6.45) is 0.725. The lowest BCUT2D eigenvalue weighted by molar-refractivity contribution is -0.133. The molecule has 10 heteroatoms. The van der Waals surface area contributed by atoms with E-state index < -0.39 is 21.1 Å². The fraction of sp³-hybridized carbons (Fsp3) is 0.526. The van der Waals surface area contributed by atoms with Crippen molar-refractivity contribution in [2.75, 3.05) is 37.7 Å². The van der Waals surface area contributed by atoms with Gasteiger partial charge >= 0.3 is 5.69 Å². The van der Waals surface area contributed by atoms with Crippen LogP contribution in [0.4, 0.5) is 0 Å². The quantitative estimate of drug-likeness (QED) is 0.708. The highest BCUT2D eigenvalue weighted by molar-refractivity contribution is 7.91. The molecule has 0 aliphatic carbocycles. The largest absolute Gasteiger partial charge is 0.340 e. The van der Waals surface area contributed by atoms with Crippen molar-refractivity contribution in [3.8, 4) is 0 Å². The van der Waals surface area contributed by atoms with Crippen LogP contribution >= 0.6 is 0 Å². The van der Waals surface area contributed by atoms with Crippen molar-refractivity contribution in [1.82, 2.24) is 19.4 Å². The van der Waals surface area contributed by atoms with Crippen LogP contribution < -0.4 is 11.2 Å². The van der Waals surface area contributed by atoms with E-state index in [1.54, 1.807) is 29.2 Å². The normalized spacial score (nSPS) is 22.2. The number of carbonyl (C=O) groups excluding carboxylic acids is 1. The second kappa shape index (κ2) is 7.75. The summed E-state index contributed by atoms with van der Waals surface area (Å²) in [6.45, 7) is 2.36. The maximum absolute atomic E-state index is 12.6. The molecule has 0 saturated carbocycles. The zero-order valence-electron chi connectivity index (χ0n) is 16.0. The van der Waals surface area contributed by atoms with Crippen molar-refractivity contribution in [3.63, 3.8) is 0 Å². The highest BCUT2D eigenvalue weighted by atomic mass is 32.2. The topological polar surface area (TPSA) is 113 Å². The van der Waals surface area contributed by atoms with Gasteiger partial charge in [0.1, 0.15) is 0 Å². The minimum absolute atomic E-state index is 0.0267. The van der Waals surface area contributed by atoms with Crippen LogP contribution in [0, 0.1) is 0 Å². The Bertz CT molecular complexity index is 1150. The van der Waals surface area contributed by atoms with Crippen LogP contribution in [-0.2, 0) is 21.2 Å². The van der Waals surface area contributed by atoms with Crippen molar-refractivity contribution in [2.45, 2.75) is 25.4 Å². The third-order valence-electron chi connectivity index (χ3n) is 5.83. The first-order valence-corrected chi connectivity index (χ1v) is 11.6. The number of nitrogens with zero attached hydrogens (tertiary/aromatic N) is 3. The molecule has 1 amide bonds. The van der Waals surface area contributed by atoms with E-state index in [2.05, 4.69) is 9.88 Å². The zero-order chi connectivity index (χ0) is 20.6. The number of aromatic amines is 1. The number of amides is 1. The van der Waals surface area contributed by atoms with Gasteiger partial charge in [0.15, 0.2) is 9.84 Å². The molecule has 2 saturated heterocycles. The highest BCUT2D eigenvalue weighted by Crippen LogP contribution is 2.19. The van der Waals surface area contributed by atoms with Gasteiger partial charge in [0.05, 0.1) is 22.4 Å². The summed E-state index contributed by atoms with van der Waals surface area (Å²) in [5, 5.41) is 0.416. The van der Waals surface area contributed by atoms with E-state index >= 15 is 0 Å². The Hall–Kier alpha value is -2.46. The van der Waals surface area contributed by atoms with E-state index in [0.717, 1.165) is 4.57 Å². The summed E-state index contributed by atoms with van der Waals surface area (Å²) in [6, 6.07) is 6.84. The van der Waals surface area contributed by atoms with Gasteiger partial charge in [-0.2, -0.15) is 0 Å². The van der Waals surface area contributed by atoms with Gasteiger partial charge < -0.3 is 9.88 Å². The molecule has 156 valence electrons. The van der Waals surface area contributed by atoms with Gasteiger partial charge in [-0.25, -0.2) is 13.2 Å². The maximum atomic E-state index is 12.6. The summed E-state index contributed by atoms with van der Waals surface area (Å²) < 4.78 is 24.4. The molecule has 1 aromatic heterocycles. The Kier molecular flexibility index (Phi) is 5.30. The lowest BCUT2D eigenvalue weighted by Gasteiger charge is -2.37. The fourth-order valence-corrected chi connectivity index (χ4v) is 5.93. The number of nitrogens with one attached hydrogen (secondary N) is 1. The Labute approximate surface area is 167 Å².